The predicted octanol–water partition coefficient (Wildman–Crippen LogP) is 3.67. The van der Waals surface area contributed by atoms with Crippen LogP contribution in [-0.2, 0) is 4.79 Å². The molecule has 0 radical (unpaired) electrons. The van der Waals surface area contributed by atoms with Gasteiger partial charge in [0, 0.05) is 5.69 Å². The smallest absolute Gasteiger partial charge is 0.244 e. The zero-order chi connectivity index (χ0) is 14.6. The lowest BCUT2D eigenvalue weighted by atomic mass is 9.90. The summed E-state index contributed by atoms with van der Waals surface area (Å²) in [5.41, 5.74) is 1.79. The maximum absolute atomic E-state index is 12.7. The monoisotopic (exact) mass is 274 g/mol. The number of benzene rings is 1. The molecular formula is C17H26N2O. The number of hydrogen-bond donors (Lipinski definition) is 2. The molecule has 1 atom stereocenters. The molecule has 1 aromatic carbocycles. The Labute approximate surface area is 122 Å². The molecular weight excluding hydrogens is 248 g/mol. The van der Waals surface area contributed by atoms with Gasteiger partial charge in [0.2, 0.25) is 5.91 Å². The van der Waals surface area contributed by atoms with Gasteiger partial charge in [0.15, 0.2) is 0 Å². The van der Waals surface area contributed by atoms with Crippen molar-refractivity contribution in [3.63, 3.8) is 0 Å². The van der Waals surface area contributed by atoms with Gasteiger partial charge >= 0.3 is 0 Å². The number of rotatable bonds is 5. The number of para-hydroxylation sites is 1. The molecule has 0 saturated carbocycles. The molecule has 1 unspecified atom stereocenters. The maximum atomic E-state index is 12.7. The normalized spacial score (nSPS) is 22.2. The number of amides is 1. The van der Waals surface area contributed by atoms with Crippen molar-refractivity contribution in [1.29, 1.82) is 0 Å². The first-order valence-corrected chi connectivity index (χ1v) is 7.74. The molecule has 3 heteroatoms. The zero-order valence-electron chi connectivity index (χ0n) is 12.8. The Hall–Kier alpha value is -1.35. The fraction of sp³-hybridized carbons (Fsp3) is 0.588. The summed E-state index contributed by atoms with van der Waals surface area (Å²) in [6.45, 7) is 7.39. The molecule has 1 fully saturated rings. The van der Waals surface area contributed by atoms with E-state index in [-0.39, 0.29) is 11.4 Å². The molecule has 3 nitrogen and oxygen atoms in total. The first-order chi connectivity index (χ1) is 9.59. The molecule has 1 aliphatic rings. The van der Waals surface area contributed by atoms with Crippen molar-refractivity contribution < 1.29 is 4.79 Å². The SMILES string of the molecule is CCCC1(C(=O)Nc2ccccc2C(C)C)CCCN1. The van der Waals surface area contributed by atoms with Crippen LogP contribution in [0, 0.1) is 0 Å². The van der Waals surface area contributed by atoms with Gasteiger partial charge in [0.25, 0.3) is 0 Å². The quantitative estimate of drug-likeness (QED) is 0.860. The van der Waals surface area contributed by atoms with Gasteiger partial charge in [-0.15, -0.1) is 0 Å². The van der Waals surface area contributed by atoms with E-state index in [1.165, 1.54) is 5.56 Å². The minimum atomic E-state index is -0.362. The van der Waals surface area contributed by atoms with Gasteiger partial charge in [-0.3, -0.25) is 4.79 Å². The fourth-order valence-electron chi connectivity index (χ4n) is 3.11. The molecule has 0 aromatic heterocycles. The largest absolute Gasteiger partial charge is 0.324 e. The summed E-state index contributed by atoms with van der Waals surface area (Å²) in [5, 5.41) is 6.59. The molecule has 20 heavy (non-hydrogen) atoms. The van der Waals surface area contributed by atoms with Crippen molar-refractivity contribution in [3.05, 3.63) is 29.8 Å². The molecule has 2 N–H and O–H groups in total. The van der Waals surface area contributed by atoms with Gasteiger partial charge in [-0.1, -0.05) is 45.4 Å². The molecule has 0 bridgehead atoms. The third-order valence-corrected chi connectivity index (χ3v) is 4.19. The van der Waals surface area contributed by atoms with E-state index in [2.05, 4.69) is 37.5 Å². The average molecular weight is 274 g/mol. The van der Waals surface area contributed by atoms with Gasteiger partial charge in [-0.25, -0.2) is 0 Å². The van der Waals surface area contributed by atoms with Crippen molar-refractivity contribution in [2.45, 2.75) is 57.9 Å². The lowest BCUT2D eigenvalue weighted by molar-refractivity contribution is -0.122. The topological polar surface area (TPSA) is 41.1 Å². The van der Waals surface area contributed by atoms with E-state index in [4.69, 9.17) is 0 Å². The maximum Gasteiger partial charge on any atom is 0.244 e. The number of carbonyl (C=O) groups excluding carboxylic acids is 1. The van der Waals surface area contributed by atoms with Crippen molar-refractivity contribution in [2.75, 3.05) is 11.9 Å². The van der Waals surface area contributed by atoms with E-state index in [1.807, 2.05) is 18.2 Å². The van der Waals surface area contributed by atoms with Crippen molar-refractivity contribution in [1.82, 2.24) is 5.32 Å². The van der Waals surface area contributed by atoms with Crippen LogP contribution >= 0.6 is 0 Å². The van der Waals surface area contributed by atoms with Crippen LogP contribution in [0.5, 0.6) is 0 Å². The Morgan fingerprint density at radius 3 is 2.75 bits per heavy atom. The summed E-state index contributed by atoms with van der Waals surface area (Å²) in [4.78, 5) is 12.7. The Morgan fingerprint density at radius 1 is 1.40 bits per heavy atom. The second-order valence-electron chi connectivity index (χ2n) is 6.06. The second kappa shape index (κ2) is 6.40. The molecule has 1 heterocycles. The molecule has 1 aromatic rings. The standard InChI is InChI=1S/C17H26N2O/c1-4-10-17(11-7-12-18-17)16(20)19-15-9-6-5-8-14(15)13(2)3/h5-6,8-9,13,18H,4,7,10-12H2,1-3H3,(H,19,20). The minimum absolute atomic E-state index is 0.130. The minimum Gasteiger partial charge on any atom is -0.324 e. The van der Waals surface area contributed by atoms with E-state index in [0.717, 1.165) is 37.9 Å². The number of hydrogen-bond acceptors (Lipinski definition) is 2. The first kappa shape index (κ1) is 15.0. The third-order valence-electron chi connectivity index (χ3n) is 4.19. The molecule has 1 aliphatic heterocycles. The Balaban J connectivity index is 2.18. The average Bonchev–Trinajstić information content (AvgIpc) is 2.89. The van der Waals surface area contributed by atoms with Gasteiger partial charge in [0.05, 0.1) is 5.54 Å². The Kier molecular flexibility index (Phi) is 4.81. The zero-order valence-corrected chi connectivity index (χ0v) is 12.8. The van der Waals surface area contributed by atoms with E-state index in [1.54, 1.807) is 0 Å². The van der Waals surface area contributed by atoms with Gasteiger partial charge in [-0.2, -0.15) is 0 Å². The van der Waals surface area contributed by atoms with Crippen LogP contribution in [0.4, 0.5) is 5.69 Å². The van der Waals surface area contributed by atoms with Crippen LogP contribution in [0.2, 0.25) is 0 Å². The fourth-order valence-corrected chi connectivity index (χ4v) is 3.11. The Bertz CT molecular complexity index is 462. The molecule has 1 amide bonds. The van der Waals surface area contributed by atoms with E-state index in [0.29, 0.717) is 5.92 Å². The van der Waals surface area contributed by atoms with Crippen LogP contribution in [0.15, 0.2) is 24.3 Å². The highest BCUT2D eigenvalue weighted by Crippen LogP contribution is 2.29. The number of nitrogens with one attached hydrogen (secondary N) is 2. The van der Waals surface area contributed by atoms with Crippen LogP contribution in [-0.4, -0.2) is 18.0 Å². The predicted molar refractivity (Wildman–Crippen MR) is 84.0 cm³/mol. The van der Waals surface area contributed by atoms with Crippen molar-refractivity contribution in [3.8, 4) is 0 Å². The van der Waals surface area contributed by atoms with Crippen LogP contribution in [0.1, 0.15) is 57.9 Å². The number of anilines is 1. The summed E-state index contributed by atoms with van der Waals surface area (Å²) in [5.74, 6) is 0.537. The van der Waals surface area contributed by atoms with E-state index < -0.39 is 0 Å². The third kappa shape index (κ3) is 3.04. The molecule has 110 valence electrons. The highest BCUT2D eigenvalue weighted by molar-refractivity contribution is 5.99. The van der Waals surface area contributed by atoms with Crippen LogP contribution in [0.25, 0.3) is 0 Å². The van der Waals surface area contributed by atoms with Gasteiger partial charge < -0.3 is 10.6 Å². The summed E-state index contributed by atoms with van der Waals surface area (Å²) < 4.78 is 0. The highest BCUT2D eigenvalue weighted by atomic mass is 16.2. The molecule has 2 rings (SSSR count). The summed E-state index contributed by atoms with van der Waals surface area (Å²) in [6.07, 6.45) is 3.95. The van der Waals surface area contributed by atoms with E-state index >= 15 is 0 Å². The van der Waals surface area contributed by atoms with Gasteiger partial charge in [0.1, 0.15) is 0 Å². The van der Waals surface area contributed by atoms with E-state index in [9.17, 15) is 4.79 Å². The molecule has 1 saturated heterocycles. The van der Waals surface area contributed by atoms with Crippen LogP contribution < -0.4 is 10.6 Å². The first-order valence-electron chi connectivity index (χ1n) is 7.74. The second-order valence-corrected chi connectivity index (χ2v) is 6.06. The highest BCUT2D eigenvalue weighted by Gasteiger charge is 2.40. The van der Waals surface area contributed by atoms with Crippen molar-refractivity contribution >= 4 is 11.6 Å². The van der Waals surface area contributed by atoms with Gasteiger partial charge in [-0.05, 0) is 43.4 Å². The van der Waals surface area contributed by atoms with Crippen LogP contribution in [0.3, 0.4) is 0 Å². The van der Waals surface area contributed by atoms with Crippen molar-refractivity contribution in [2.24, 2.45) is 0 Å². The number of carbonyl (C=O) groups is 1. The molecule has 0 aliphatic carbocycles. The lowest BCUT2D eigenvalue weighted by Crippen LogP contribution is -2.50. The molecule has 0 spiro atoms. The summed E-state index contributed by atoms with van der Waals surface area (Å²) >= 11 is 0. The summed E-state index contributed by atoms with van der Waals surface area (Å²) in [6, 6.07) is 8.10. The lowest BCUT2D eigenvalue weighted by Gasteiger charge is -2.28. The Morgan fingerprint density at radius 2 is 2.15 bits per heavy atom. The summed E-state index contributed by atoms with van der Waals surface area (Å²) in [7, 11) is 0.